The van der Waals surface area contributed by atoms with Crippen molar-refractivity contribution in [3.05, 3.63) is 47.8 Å². The van der Waals surface area contributed by atoms with Crippen LogP contribution in [0.2, 0.25) is 0 Å². The first-order valence-corrected chi connectivity index (χ1v) is 10.6. The van der Waals surface area contributed by atoms with Crippen molar-refractivity contribution in [3.63, 3.8) is 0 Å². The van der Waals surface area contributed by atoms with Crippen LogP contribution in [0, 0.1) is 6.92 Å². The van der Waals surface area contributed by atoms with Gasteiger partial charge in [-0.05, 0) is 52.8 Å². The second kappa shape index (κ2) is 7.47. The Kier molecular flexibility index (Phi) is 5.54. The van der Waals surface area contributed by atoms with Gasteiger partial charge in [0, 0.05) is 17.0 Å². The van der Waals surface area contributed by atoms with Gasteiger partial charge in [-0.3, -0.25) is 9.55 Å². The number of pyridine rings is 2. The molecule has 28 heavy (non-hydrogen) atoms. The average Bonchev–Trinajstić information content (AvgIpc) is 2.59. The minimum atomic E-state index is -4.87. The molecule has 0 N–H and O–H groups in total. The average molecular weight is 408 g/mol. The predicted molar refractivity (Wildman–Crippen MR) is 106 cm³/mol. The predicted octanol–water partition coefficient (Wildman–Crippen LogP) is 6.18. The minimum Gasteiger partial charge on any atom is -0.301 e. The van der Waals surface area contributed by atoms with Crippen molar-refractivity contribution in [1.82, 2.24) is 9.97 Å². The Bertz CT molecular complexity index is 1060. The summed E-state index contributed by atoms with van der Waals surface area (Å²) in [5, 5.41) is 0.683. The van der Waals surface area contributed by atoms with Gasteiger partial charge in [-0.15, -0.1) is 0 Å². The lowest BCUT2D eigenvalue weighted by Crippen LogP contribution is -2.23. The summed E-state index contributed by atoms with van der Waals surface area (Å²) in [5.41, 5.74) is -3.02. The van der Waals surface area contributed by atoms with E-state index < -0.39 is 31.2 Å². The molecule has 2 aromatic heterocycles. The Labute approximate surface area is 162 Å². The lowest BCUT2D eigenvalue weighted by atomic mass is 10.0. The Morgan fingerprint density at radius 1 is 1.04 bits per heavy atom. The number of aromatic nitrogens is 2. The molecule has 0 aliphatic heterocycles. The Morgan fingerprint density at radius 3 is 2.29 bits per heavy atom. The molecule has 1 aromatic carbocycles. The molecule has 5 nitrogen and oxygen atoms in total. The minimum absolute atomic E-state index is 0.177. The quantitative estimate of drug-likeness (QED) is 0.360. The summed E-state index contributed by atoms with van der Waals surface area (Å²) in [4.78, 5) is 8.43. The molecular formula is C20H23F2N2O3P. The van der Waals surface area contributed by atoms with Gasteiger partial charge in [0.25, 0.3) is 0 Å². The molecule has 0 aliphatic carbocycles. The highest BCUT2D eigenvalue weighted by Gasteiger charge is 2.58. The molecule has 0 atom stereocenters. The molecule has 0 aliphatic rings. The maximum absolute atomic E-state index is 15.7. The van der Waals surface area contributed by atoms with Crippen LogP contribution in [0.15, 0.2) is 36.5 Å². The topological polar surface area (TPSA) is 61.3 Å². The molecule has 0 amide bonds. The molecule has 8 heteroatoms. The fraction of sp³-hybridized carbons (Fsp3) is 0.400. The maximum Gasteiger partial charge on any atom is 0.406 e. The van der Waals surface area contributed by atoms with Gasteiger partial charge >= 0.3 is 13.3 Å². The molecule has 0 saturated heterocycles. The summed E-state index contributed by atoms with van der Waals surface area (Å²) >= 11 is 0. The summed E-state index contributed by atoms with van der Waals surface area (Å²) in [6, 6.07) is 8.34. The summed E-state index contributed by atoms with van der Waals surface area (Å²) in [6.45, 7) is 7.93. The van der Waals surface area contributed by atoms with E-state index in [2.05, 4.69) is 9.97 Å². The Morgan fingerprint density at radius 2 is 1.68 bits per heavy atom. The lowest BCUT2D eigenvalue weighted by Gasteiger charge is -2.29. The molecule has 0 saturated carbocycles. The first-order valence-electron chi connectivity index (χ1n) is 9.05. The van der Waals surface area contributed by atoms with Crippen LogP contribution in [0.4, 0.5) is 8.78 Å². The summed E-state index contributed by atoms with van der Waals surface area (Å²) in [7, 11) is -4.87. The molecule has 0 fully saturated rings. The van der Waals surface area contributed by atoms with E-state index in [1.54, 1.807) is 37.4 Å². The number of hydrogen-bond donors (Lipinski definition) is 0. The van der Waals surface area contributed by atoms with Gasteiger partial charge in [0.15, 0.2) is 0 Å². The van der Waals surface area contributed by atoms with E-state index in [-0.39, 0.29) is 10.9 Å². The zero-order chi connectivity index (χ0) is 20.7. The smallest absolute Gasteiger partial charge is 0.301 e. The van der Waals surface area contributed by atoms with E-state index in [1.165, 1.54) is 27.7 Å². The van der Waals surface area contributed by atoms with Gasteiger partial charge in [0.2, 0.25) is 0 Å². The highest BCUT2D eigenvalue weighted by atomic mass is 31.2. The van der Waals surface area contributed by atoms with Gasteiger partial charge in [0.1, 0.15) is 5.69 Å². The van der Waals surface area contributed by atoms with Gasteiger partial charge in [0.05, 0.1) is 23.2 Å². The number of aryl methyl sites for hydroxylation is 1. The molecule has 2 heterocycles. The van der Waals surface area contributed by atoms with E-state index >= 15 is 8.78 Å². The van der Waals surface area contributed by atoms with Crippen molar-refractivity contribution in [3.8, 4) is 0 Å². The highest BCUT2D eigenvalue weighted by molar-refractivity contribution is 7.54. The number of rotatable bonds is 6. The molecule has 0 unspecified atom stereocenters. The van der Waals surface area contributed by atoms with Gasteiger partial charge < -0.3 is 9.05 Å². The third kappa shape index (κ3) is 3.66. The van der Waals surface area contributed by atoms with E-state index in [4.69, 9.17) is 9.05 Å². The first kappa shape index (κ1) is 20.8. The van der Waals surface area contributed by atoms with Crippen LogP contribution in [-0.2, 0) is 19.3 Å². The third-order valence-electron chi connectivity index (χ3n) is 4.03. The van der Waals surface area contributed by atoms with Crippen LogP contribution in [-0.4, -0.2) is 22.2 Å². The monoisotopic (exact) mass is 408 g/mol. The van der Waals surface area contributed by atoms with Crippen molar-refractivity contribution in [1.29, 1.82) is 0 Å². The van der Waals surface area contributed by atoms with Crippen molar-refractivity contribution >= 4 is 29.4 Å². The van der Waals surface area contributed by atoms with Crippen molar-refractivity contribution in [2.75, 3.05) is 0 Å². The van der Waals surface area contributed by atoms with Gasteiger partial charge in [-0.1, -0.05) is 17.7 Å². The van der Waals surface area contributed by atoms with Crippen LogP contribution in [0.3, 0.4) is 0 Å². The second-order valence-corrected chi connectivity index (χ2v) is 9.21. The number of hydrogen-bond acceptors (Lipinski definition) is 5. The van der Waals surface area contributed by atoms with Crippen LogP contribution >= 0.6 is 7.60 Å². The number of alkyl halides is 2. The number of halogens is 2. The SMILES string of the molecule is Cc1ccc2c(c1)c(C(F)(F)P(=O)(OC(C)C)OC(C)C)nc1cccnc12. The third-order valence-corrected chi connectivity index (χ3v) is 6.33. The normalized spacial score (nSPS) is 13.2. The molecule has 0 radical (unpaired) electrons. The maximum atomic E-state index is 15.7. The fourth-order valence-electron chi connectivity index (χ4n) is 3.01. The number of nitrogens with zero attached hydrogens (tertiary/aromatic N) is 2. The van der Waals surface area contributed by atoms with Crippen LogP contribution < -0.4 is 0 Å². The fourth-order valence-corrected chi connectivity index (χ4v) is 4.86. The van der Waals surface area contributed by atoms with Gasteiger partial charge in [-0.25, -0.2) is 4.98 Å². The zero-order valence-corrected chi connectivity index (χ0v) is 17.3. The lowest BCUT2D eigenvalue weighted by molar-refractivity contribution is 0.0154. The van der Waals surface area contributed by atoms with Crippen molar-refractivity contribution in [2.24, 2.45) is 0 Å². The molecular weight excluding hydrogens is 385 g/mol. The molecule has 0 bridgehead atoms. The van der Waals surface area contributed by atoms with E-state index in [1.807, 2.05) is 6.07 Å². The summed E-state index contributed by atoms with van der Waals surface area (Å²) in [5.74, 6) is 0. The molecule has 150 valence electrons. The molecule has 3 aromatic rings. The van der Waals surface area contributed by atoms with Crippen LogP contribution in [0.25, 0.3) is 21.8 Å². The number of benzene rings is 1. The van der Waals surface area contributed by atoms with Crippen LogP contribution in [0.1, 0.15) is 39.0 Å². The highest BCUT2D eigenvalue weighted by Crippen LogP contribution is 2.68. The zero-order valence-electron chi connectivity index (χ0n) is 16.4. The van der Waals surface area contributed by atoms with Crippen molar-refractivity contribution < 1.29 is 22.4 Å². The Hall–Kier alpha value is -1.95. The van der Waals surface area contributed by atoms with Crippen molar-refractivity contribution in [2.45, 2.75) is 52.5 Å². The first-order chi connectivity index (χ1) is 13.0. The Balaban J connectivity index is 2.35. The second-order valence-electron chi connectivity index (χ2n) is 7.23. The van der Waals surface area contributed by atoms with E-state index in [0.717, 1.165) is 5.56 Å². The summed E-state index contributed by atoms with van der Waals surface area (Å²) in [6.07, 6.45) is 0.145. The van der Waals surface area contributed by atoms with Crippen LogP contribution in [0.5, 0.6) is 0 Å². The molecule has 3 rings (SSSR count). The largest absolute Gasteiger partial charge is 0.406 e. The van der Waals surface area contributed by atoms with Gasteiger partial charge in [-0.2, -0.15) is 8.78 Å². The number of fused-ring (bicyclic) bond motifs is 3. The standard InChI is InChI=1S/C20H23F2N2O3P/c1-12(2)26-28(25,27-13(3)4)20(21,22)19-16-11-14(5)8-9-15(16)18-17(24-19)7-6-10-23-18/h6-13H,1-5H3. The molecule has 0 spiro atoms. The van der Waals surface area contributed by atoms with E-state index in [9.17, 15) is 4.57 Å². The summed E-state index contributed by atoms with van der Waals surface area (Å²) < 4.78 is 55.1. The van der Waals surface area contributed by atoms with E-state index in [0.29, 0.717) is 10.9 Å².